The van der Waals surface area contributed by atoms with Crippen LogP contribution in [0.1, 0.15) is 27.2 Å². The maximum atomic E-state index is 11.7. The molecule has 4 nitrogen and oxygen atoms in total. The van der Waals surface area contributed by atoms with Gasteiger partial charge in [-0.25, -0.2) is 8.42 Å². The van der Waals surface area contributed by atoms with Crippen molar-refractivity contribution in [2.24, 2.45) is 0 Å². The van der Waals surface area contributed by atoms with Gasteiger partial charge in [0.15, 0.2) is 9.84 Å². The van der Waals surface area contributed by atoms with Gasteiger partial charge in [-0.1, -0.05) is 0 Å². The number of sulfone groups is 1. The van der Waals surface area contributed by atoms with Crippen molar-refractivity contribution in [3.8, 4) is 12.3 Å². The summed E-state index contributed by atoms with van der Waals surface area (Å²) in [7, 11) is -3.27. The summed E-state index contributed by atoms with van der Waals surface area (Å²) in [4.78, 5) is 0. The van der Waals surface area contributed by atoms with Gasteiger partial charge in [0, 0.05) is 19.5 Å². The summed E-state index contributed by atoms with van der Waals surface area (Å²) in [5.41, 5.74) is 0. The van der Waals surface area contributed by atoms with Crippen molar-refractivity contribution in [2.75, 3.05) is 18.8 Å². The van der Waals surface area contributed by atoms with Crippen LogP contribution in [0.25, 0.3) is 0 Å². The predicted octanol–water partition coefficient (Wildman–Crippen LogP) is 0.173. The summed E-state index contributed by atoms with van der Waals surface area (Å²) in [6.07, 6.45) is 4.74. The van der Waals surface area contributed by atoms with Gasteiger partial charge < -0.3 is 10.4 Å². The topological polar surface area (TPSA) is 66.4 Å². The van der Waals surface area contributed by atoms with Gasteiger partial charge in [0.25, 0.3) is 0 Å². The Bertz CT molecular complexity index is 335. The fourth-order valence-electron chi connectivity index (χ4n) is 0.991. The highest BCUT2D eigenvalue weighted by Crippen LogP contribution is 2.16. The lowest BCUT2D eigenvalue weighted by Gasteiger charge is -2.21. The lowest BCUT2D eigenvalue weighted by molar-refractivity contribution is 0.193. The maximum absolute atomic E-state index is 11.7. The van der Waals surface area contributed by atoms with Gasteiger partial charge >= 0.3 is 0 Å². The minimum absolute atomic E-state index is 0.223. The fourth-order valence-corrected chi connectivity index (χ4v) is 2.12. The predicted molar refractivity (Wildman–Crippen MR) is 65.9 cm³/mol. The average molecular weight is 247 g/mol. The fraction of sp³-hybridized carbons (Fsp3) is 0.818. The molecule has 0 saturated heterocycles. The van der Waals surface area contributed by atoms with Crippen LogP contribution in [-0.4, -0.2) is 43.2 Å². The smallest absolute Gasteiger partial charge is 0.157 e. The van der Waals surface area contributed by atoms with Crippen molar-refractivity contribution in [3.63, 3.8) is 0 Å². The minimum Gasteiger partial charge on any atom is -0.391 e. The number of nitrogens with one attached hydrogen (secondary N) is 1. The molecule has 0 heterocycles. The molecule has 0 aliphatic rings. The summed E-state index contributed by atoms with van der Waals surface area (Å²) in [5, 5.41) is 12.5. The first-order valence-electron chi connectivity index (χ1n) is 5.25. The zero-order valence-corrected chi connectivity index (χ0v) is 11.0. The van der Waals surface area contributed by atoms with E-state index in [0.717, 1.165) is 0 Å². The van der Waals surface area contributed by atoms with E-state index in [2.05, 4.69) is 11.2 Å². The summed E-state index contributed by atoms with van der Waals surface area (Å²) in [6, 6.07) is 0. The second kappa shape index (κ2) is 6.24. The van der Waals surface area contributed by atoms with E-state index in [-0.39, 0.29) is 12.3 Å². The van der Waals surface area contributed by atoms with E-state index >= 15 is 0 Å². The standard InChI is InChI=1S/C11H21NO3S/c1-5-6-7-12-8-10(13)9-16(14,15)11(2,3)4/h1,10,12-13H,6-9H2,2-4H3/t10-/m1/s1. The van der Waals surface area contributed by atoms with Gasteiger partial charge in [-0.05, 0) is 20.8 Å². The molecule has 0 bridgehead atoms. The first kappa shape index (κ1) is 15.4. The number of rotatable bonds is 6. The summed E-state index contributed by atoms with van der Waals surface area (Å²) in [6.45, 7) is 5.71. The van der Waals surface area contributed by atoms with E-state index in [1.165, 1.54) is 0 Å². The molecular weight excluding hydrogens is 226 g/mol. The number of hydrogen-bond donors (Lipinski definition) is 2. The summed E-state index contributed by atoms with van der Waals surface area (Å²) in [5.74, 6) is 2.23. The molecule has 16 heavy (non-hydrogen) atoms. The van der Waals surface area contributed by atoms with Gasteiger partial charge in [0.2, 0.25) is 0 Å². The van der Waals surface area contributed by atoms with Crippen LogP contribution in [-0.2, 0) is 9.84 Å². The third kappa shape index (κ3) is 5.50. The monoisotopic (exact) mass is 247 g/mol. The van der Waals surface area contributed by atoms with Crippen molar-refractivity contribution in [3.05, 3.63) is 0 Å². The summed E-state index contributed by atoms with van der Waals surface area (Å²) >= 11 is 0. The molecule has 0 aliphatic heterocycles. The van der Waals surface area contributed by atoms with Crippen molar-refractivity contribution in [2.45, 2.75) is 38.0 Å². The second-order valence-corrected chi connectivity index (χ2v) is 7.49. The molecule has 94 valence electrons. The molecule has 0 amide bonds. The molecule has 0 aliphatic carbocycles. The van der Waals surface area contributed by atoms with E-state index in [9.17, 15) is 13.5 Å². The average Bonchev–Trinajstić information content (AvgIpc) is 2.10. The molecule has 0 saturated carbocycles. The molecule has 0 aromatic heterocycles. The van der Waals surface area contributed by atoms with Gasteiger partial charge in [-0.15, -0.1) is 12.3 Å². The van der Waals surface area contributed by atoms with Crippen molar-refractivity contribution in [1.29, 1.82) is 0 Å². The van der Waals surface area contributed by atoms with Gasteiger partial charge in [-0.3, -0.25) is 0 Å². The van der Waals surface area contributed by atoms with Gasteiger partial charge in [-0.2, -0.15) is 0 Å². The SMILES string of the molecule is C#CCCNC[C@@H](O)CS(=O)(=O)C(C)(C)C. The van der Waals surface area contributed by atoms with Crippen molar-refractivity contribution in [1.82, 2.24) is 5.32 Å². The highest BCUT2D eigenvalue weighted by molar-refractivity contribution is 7.92. The van der Waals surface area contributed by atoms with Crippen LogP contribution in [0.2, 0.25) is 0 Å². The van der Waals surface area contributed by atoms with Crippen molar-refractivity contribution < 1.29 is 13.5 Å². The molecule has 0 rings (SSSR count). The van der Waals surface area contributed by atoms with Crippen LogP contribution in [0.3, 0.4) is 0 Å². The highest BCUT2D eigenvalue weighted by atomic mass is 32.2. The second-order valence-electron chi connectivity index (χ2n) is 4.71. The summed E-state index contributed by atoms with van der Waals surface area (Å²) < 4.78 is 22.6. The Morgan fingerprint density at radius 1 is 1.44 bits per heavy atom. The largest absolute Gasteiger partial charge is 0.391 e. The number of aliphatic hydroxyl groups excluding tert-OH is 1. The lowest BCUT2D eigenvalue weighted by Crippen LogP contribution is -2.39. The normalized spacial score (nSPS) is 14.4. The van der Waals surface area contributed by atoms with Crippen LogP contribution in [0.5, 0.6) is 0 Å². The van der Waals surface area contributed by atoms with Crippen LogP contribution >= 0.6 is 0 Å². The maximum Gasteiger partial charge on any atom is 0.157 e. The lowest BCUT2D eigenvalue weighted by atomic mass is 10.3. The Morgan fingerprint density at radius 3 is 2.44 bits per heavy atom. The molecule has 0 fully saturated rings. The molecule has 0 radical (unpaired) electrons. The molecule has 2 N–H and O–H groups in total. The molecule has 0 spiro atoms. The van der Waals surface area contributed by atoms with Gasteiger partial charge in [0.05, 0.1) is 16.6 Å². The van der Waals surface area contributed by atoms with E-state index in [0.29, 0.717) is 13.0 Å². The zero-order chi connectivity index (χ0) is 12.8. The minimum atomic E-state index is -3.27. The van der Waals surface area contributed by atoms with Crippen molar-refractivity contribution >= 4 is 9.84 Å². The third-order valence-electron chi connectivity index (χ3n) is 2.17. The van der Waals surface area contributed by atoms with Crippen LogP contribution < -0.4 is 5.32 Å². The Labute approximate surface area is 98.4 Å². The van der Waals surface area contributed by atoms with Crippen LogP contribution in [0.4, 0.5) is 0 Å². The van der Waals surface area contributed by atoms with E-state index in [1.54, 1.807) is 20.8 Å². The Morgan fingerprint density at radius 2 is 2.00 bits per heavy atom. The van der Waals surface area contributed by atoms with E-state index < -0.39 is 20.7 Å². The van der Waals surface area contributed by atoms with E-state index in [4.69, 9.17) is 6.42 Å². The highest BCUT2D eigenvalue weighted by Gasteiger charge is 2.30. The Kier molecular flexibility index (Phi) is 6.01. The van der Waals surface area contributed by atoms with Gasteiger partial charge in [0.1, 0.15) is 0 Å². The Hall–Kier alpha value is -0.570. The van der Waals surface area contributed by atoms with E-state index in [1.807, 2.05) is 0 Å². The third-order valence-corrected chi connectivity index (χ3v) is 4.86. The molecular formula is C11H21NO3S. The first-order chi connectivity index (χ1) is 7.20. The number of terminal acetylenes is 1. The molecule has 0 aromatic rings. The quantitative estimate of drug-likeness (QED) is 0.519. The number of hydrogen-bond acceptors (Lipinski definition) is 4. The zero-order valence-electron chi connectivity index (χ0n) is 10.2. The van der Waals surface area contributed by atoms with Crippen LogP contribution in [0.15, 0.2) is 0 Å². The molecule has 0 aromatic carbocycles. The molecule has 5 heteroatoms. The number of aliphatic hydroxyl groups is 1. The van der Waals surface area contributed by atoms with Crippen LogP contribution in [0, 0.1) is 12.3 Å². The molecule has 1 atom stereocenters. The molecule has 0 unspecified atom stereocenters. The Balaban J connectivity index is 4.07. The first-order valence-corrected chi connectivity index (χ1v) is 6.90.